The van der Waals surface area contributed by atoms with Gasteiger partial charge in [-0.25, -0.2) is 8.42 Å². The van der Waals surface area contributed by atoms with Crippen molar-refractivity contribution in [3.8, 4) is 11.1 Å². The molecule has 2 aromatic rings. The van der Waals surface area contributed by atoms with Gasteiger partial charge in [-0.05, 0) is 35.4 Å². The van der Waals surface area contributed by atoms with Gasteiger partial charge in [-0.3, -0.25) is 0 Å². The van der Waals surface area contributed by atoms with Crippen molar-refractivity contribution in [2.24, 2.45) is 0 Å². The fourth-order valence-electron chi connectivity index (χ4n) is 1.47. The summed E-state index contributed by atoms with van der Waals surface area (Å²) in [7, 11) is 1.60. The SMILES string of the molecule is O=S(=O)(Cl)c1cccc(-c2ccc(Cl)cc2)c1. The molecule has 88 valence electrons. The van der Waals surface area contributed by atoms with Crippen LogP contribution in [0.25, 0.3) is 11.1 Å². The van der Waals surface area contributed by atoms with E-state index in [1.54, 1.807) is 18.2 Å². The van der Waals surface area contributed by atoms with Crippen molar-refractivity contribution in [3.05, 3.63) is 53.6 Å². The highest BCUT2D eigenvalue weighted by atomic mass is 35.7. The van der Waals surface area contributed by atoms with E-state index >= 15 is 0 Å². The Bertz CT molecular complexity index is 634. The summed E-state index contributed by atoms with van der Waals surface area (Å²) in [4.78, 5) is 0.0895. The van der Waals surface area contributed by atoms with Gasteiger partial charge in [0.1, 0.15) is 0 Å². The molecule has 0 aliphatic heterocycles. The van der Waals surface area contributed by atoms with Crippen LogP contribution in [-0.4, -0.2) is 8.42 Å². The van der Waals surface area contributed by atoms with Gasteiger partial charge in [-0.15, -0.1) is 0 Å². The lowest BCUT2D eigenvalue weighted by Crippen LogP contribution is -1.90. The third kappa shape index (κ3) is 3.00. The standard InChI is InChI=1S/C12H8Cl2O2S/c13-11-6-4-9(5-7-11)10-2-1-3-12(8-10)17(14,15)16/h1-8H. The van der Waals surface area contributed by atoms with Crippen LogP contribution >= 0.6 is 22.3 Å². The molecule has 0 amide bonds. The predicted molar refractivity (Wildman–Crippen MR) is 69.9 cm³/mol. The lowest BCUT2D eigenvalue weighted by atomic mass is 10.1. The summed E-state index contributed by atoms with van der Waals surface area (Å²) < 4.78 is 22.4. The van der Waals surface area contributed by atoms with Crippen LogP contribution in [0.2, 0.25) is 5.02 Å². The van der Waals surface area contributed by atoms with Gasteiger partial charge in [-0.2, -0.15) is 0 Å². The van der Waals surface area contributed by atoms with Gasteiger partial charge < -0.3 is 0 Å². The van der Waals surface area contributed by atoms with Gasteiger partial charge >= 0.3 is 0 Å². The average Bonchev–Trinajstić information content (AvgIpc) is 2.29. The van der Waals surface area contributed by atoms with Crippen molar-refractivity contribution >= 4 is 31.3 Å². The van der Waals surface area contributed by atoms with Crippen LogP contribution in [0.1, 0.15) is 0 Å². The van der Waals surface area contributed by atoms with Gasteiger partial charge in [0.05, 0.1) is 4.90 Å². The Morgan fingerprint density at radius 3 is 2.12 bits per heavy atom. The van der Waals surface area contributed by atoms with E-state index in [0.29, 0.717) is 5.02 Å². The van der Waals surface area contributed by atoms with Gasteiger partial charge in [-0.1, -0.05) is 35.9 Å². The first-order chi connectivity index (χ1) is 7.97. The normalized spacial score (nSPS) is 11.4. The summed E-state index contributed by atoms with van der Waals surface area (Å²) in [5.41, 5.74) is 1.67. The molecular weight excluding hydrogens is 279 g/mol. The first kappa shape index (κ1) is 12.4. The highest BCUT2D eigenvalue weighted by molar-refractivity contribution is 8.13. The molecule has 0 aliphatic rings. The summed E-state index contributed by atoms with van der Waals surface area (Å²) in [6.07, 6.45) is 0. The van der Waals surface area contributed by atoms with E-state index < -0.39 is 9.05 Å². The van der Waals surface area contributed by atoms with Gasteiger partial charge in [0, 0.05) is 15.7 Å². The molecule has 2 rings (SSSR count). The van der Waals surface area contributed by atoms with E-state index in [2.05, 4.69) is 0 Å². The van der Waals surface area contributed by atoms with Crippen LogP contribution in [0, 0.1) is 0 Å². The largest absolute Gasteiger partial charge is 0.261 e. The molecule has 0 heterocycles. The fraction of sp³-hybridized carbons (Fsp3) is 0. The molecule has 0 spiro atoms. The minimum absolute atomic E-state index is 0.0895. The zero-order valence-corrected chi connectivity index (χ0v) is 10.9. The monoisotopic (exact) mass is 286 g/mol. The van der Waals surface area contributed by atoms with Crippen molar-refractivity contribution in [2.75, 3.05) is 0 Å². The van der Waals surface area contributed by atoms with E-state index in [9.17, 15) is 8.42 Å². The highest BCUT2D eigenvalue weighted by Gasteiger charge is 2.10. The fourth-order valence-corrected chi connectivity index (χ4v) is 2.39. The van der Waals surface area contributed by atoms with Gasteiger partial charge in [0.15, 0.2) is 0 Å². The molecule has 0 N–H and O–H groups in total. The van der Waals surface area contributed by atoms with Crippen LogP contribution in [0.15, 0.2) is 53.4 Å². The molecule has 5 heteroatoms. The van der Waals surface area contributed by atoms with Crippen LogP contribution in [0.3, 0.4) is 0 Å². The van der Waals surface area contributed by atoms with Crippen molar-refractivity contribution < 1.29 is 8.42 Å². The van der Waals surface area contributed by atoms with E-state index in [-0.39, 0.29) is 4.90 Å². The van der Waals surface area contributed by atoms with E-state index in [4.69, 9.17) is 22.3 Å². The molecule has 0 bridgehead atoms. The smallest absolute Gasteiger partial charge is 0.207 e. The minimum Gasteiger partial charge on any atom is -0.207 e. The zero-order valence-electron chi connectivity index (χ0n) is 8.60. The minimum atomic E-state index is -3.70. The van der Waals surface area contributed by atoms with Gasteiger partial charge in [0.25, 0.3) is 9.05 Å². The second-order valence-corrected chi connectivity index (χ2v) is 6.47. The van der Waals surface area contributed by atoms with Crippen LogP contribution in [-0.2, 0) is 9.05 Å². The van der Waals surface area contributed by atoms with Crippen LogP contribution in [0.5, 0.6) is 0 Å². The summed E-state index contributed by atoms with van der Waals surface area (Å²) >= 11 is 5.79. The third-order valence-corrected chi connectivity index (χ3v) is 3.90. The average molecular weight is 287 g/mol. The molecule has 0 unspecified atom stereocenters. The van der Waals surface area contributed by atoms with Crippen molar-refractivity contribution in [3.63, 3.8) is 0 Å². The molecule has 0 fully saturated rings. The summed E-state index contributed by atoms with van der Waals surface area (Å²) in [6, 6.07) is 13.6. The maximum Gasteiger partial charge on any atom is 0.261 e. The molecule has 0 aromatic heterocycles. The molecule has 17 heavy (non-hydrogen) atoms. The maximum absolute atomic E-state index is 11.2. The van der Waals surface area contributed by atoms with E-state index in [0.717, 1.165) is 11.1 Å². The Morgan fingerprint density at radius 1 is 0.882 bits per heavy atom. The topological polar surface area (TPSA) is 34.1 Å². The molecule has 0 saturated heterocycles. The van der Waals surface area contributed by atoms with Crippen molar-refractivity contribution in [2.45, 2.75) is 4.90 Å². The number of hydrogen-bond acceptors (Lipinski definition) is 2. The lowest BCUT2D eigenvalue weighted by molar-refractivity contribution is 0.609. The second-order valence-electron chi connectivity index (χ2n) is 3.47. The molecule has 0 aliphatic carbocycles. The number of halogens is 2. The summed E-state index contributed by atoms with van der Waals surface area (Å²) in [6.45, 7) is 0. The third-order valence-electron chi connectivity index (χ3n) is 2.29. The number of rotatable bonds is 2. The molecule has 2 nitrogen and oxygen atoms in total. The molecule has 0 radical (unpaired) electrons. The van der Waals surface area contributed by atoms with E-state index in [1.807, 2.05) is 18.2 Å². The summed E-state index contributed by atoms with van der Waals surface area (Å²) in [5.74, 6) is 0. The summed E-state index contributed by atoms with van der Waals surface area (Å²) in [5, 5.41) is 0.634. The Labute approximate surface area is 109 Å². The van der Waals surface area contributed by atoms with E-state index in [1.165, 1.54) is 12.1 Å². The van der Waals surface area contributed by atoms with Crippen LogP contribution < -0.4 is 0 Å². The van der Waals surface area contributed by atoms with Crippen molar-refractivity contribution in [1.29, 1.82) is 0 Å². The van der Waals surface area contributed by atoms with Gasteiger partial charge in [0.2, 0.25) is 0 Å². The quantitative estimate of drug-likeness (QED) is 0.784. The number of hydrogen-bond donors (Lipinski definition) is 0. The number of benzene rings is 2. The maximum atomic E-state index is 11.2. The molecule has 2 aromatic carbocycles. The Morgan fingerprint density at radius 2 is 1.53 bits per heavy atom. The Kier molecular flexibility index (Phi) is 3.43. The predicted octanol–water partition coefficient (Wildman–Crippen LogP) is 3.93. The first-order valence-electron chi connectivity index (χ1n) is 4.77. The first-order valence-corrected chi connectivity index (χ1v) is 7.46. The van der Waals surface area contributed by atoms with Crippen LogP contribution in [0.4, 0.5) is 0 Å². The Balaban J connectivity index is 2.50. The Hall–Kier alpha value is -1.03. The lowest BCUT2D eigenvalue weighted by Gasteiger charge is -2.03. The van der Waals surface area contributed by atoms with Crippen molar-refractivity contribution in [1.82, 2.24) is 0 Å². The highest BCUT2D eigenvalue weighted by Crippen LogP contribution is 2.25. The molecule has 0 saturated carbocycles. The second kappa shape index (κ2) is 4.69. The molecule has 0 atom stereocenters. The molecular formula is C12H8Cl2O2S. The zero-order chi connectivity index (χ0) is 12.5.